The molecule has 0 heterocycles. The van der Waals surface area contributed by atoms with Crippen molar-refractivity contribution >= 4 is 44.9 Å². The van der Waals surface area contributed by atoms with Crippen LogP contribution in [0.4, 0.5) is 5.69 Å². The van der Waals surface area contributed by atoms with Crippen LogP contribution in [0.25, 0.3) is 0 Å². The quantitative estimate of drug-likeness (QED) is 0.786. The van der Waals surface area contributed by atoms with Gasteiger partial charge in [0.05, 0.1) is 11.3 Å². The highest BCUT2D eigenvalue weighted by atomic mass is 79.9. The van der Waals surface area contributed by atoms with E-state index in [1.807, 2.05) is 13.0 Å². The molecule has 2 N–H and O–H groups in total. The number of hydrogen-bond donors (Lipinski definition) is 2. The number of hydrogen-bond acceptors (Lipinski definition) is 3. The van der Waals surface area contributed by atoms with Gasteiger partial charge >= 0.3 is 0 Å². The maximum absolute atomic E-state index is 12.1. The third kappa shape index (κ3) is 3.91. The standard InChI is InChI=1S/C16H12BrN3OS/c1-10-6-7-11(8-13(10)17)15(21)20-16(22)19-14-5-3-2-4-12(14)9-18/h2-8H,1H3,(H2,19,20,21,22). The number of nitriles is 1. The summed E-state index contributed by atoms with van der Waals surface area (Å²) < 4.78 is 0.855. The first kappa shape index (κ1) is 16.1. The first-order chi connectivity index (χ1) is 10.5. The van der Waals surface area contributed by atoms with Gasteiger partial charge in [-0.3, -0.25) is 10.1 Å². The zero-order valence-corrected chi connectivity index (χ0v) is 14.1. The molecule has 0 bridgehead atoms. The smallest absolute Gasteiger partial charge is 0.257 e. The number of carbonyl (C=O) groups excluding carboxylic acids is 1. The molecule has 0 atom stereocenters. The monoisotopic (exact) mass is 373 g/mol. The molecule has 0 aliphatic rings. The summed E-state index contributed by atoms with van der Waals surface area (Å²) in [5.74, 6) is -0.312. The second-order valence-corrected chi connectivity index (χ2v) is 5.79. The lowest BCUT2D eigenvalue weighted by atomic mass is 10.1. The summed E-state index contributed by atoms with van der Waals surface area (Å²) in [7, 11) is 0. The Bertz CT molecular complexity index is 783. The Kier molecular flexibility index (Phi) is 5.26. The predicted octanol–water partition coefficient (Wildman–Crippen LogP) is 3.76. The van der Waals surface area contributed by atoms with Gasteiger partial charge in [-0.25, -0.2) is 0 Å². The fourth-order valence-electron chi connectivity index (χ4n) is 1.75. The summed E-state index contributed by atoms with van der Waals surface area (Å²) in [4.78, 5) is 12.1. The molecule has 2 aromatic carbocycles. The average Bonchev–Trinajstić information content (AvgIpc) is 2.50. The normalized spacial score (nSPS) is 9.68. The lowest BCUT2D eigenvalue weighted by molar-refractivity contribution is 0.0977. The highest BCUT2D eigenvalue weighted by Crippen LogP contribution is 2.17. The molecular formula is C16H12BrN3OS. The van der Waals surface area contributed by atoms with E-state index < -0.39 is 0 Å². The number of halogens is 1. The number of nitrogens with zero attached hydrogens (tertiary/aromatic N) is 1. The first-order valence-corrected chi connectivity index (χ1v) is 7.59. The number of para-hydroxylation sites is 1. The summed E-state index contributed by atoms with van der Waals surface area (Å²) in [6.07, 6.45) is 0. The summed E-state index contributed by atoms with van der Waals surface area (Å²) in [5.41, 5.74) is 2.55. The minimum absolute atomic E-state index is 0.143. The Morgan fingerprint density at radius 1 is 1.27 bits per heavy atom. The van der Waals surface area contributed by atoms with E-state index in [1.165, 1.54) is 0 Å². The van der Waals surface area contributed by atoms with E-state index in [4.69, 9.17) is 17.5 Å². The van der Waals surface area contributed by atoms with E-state index in [0.717, 1.165) is 10.0 Å². The van der Waals surface area contributed by atoms with Crippen molar-refractivity contribution in [2.75, 3.05) is 5.32 Å². The van der Waals surface area contributed by atoms with Gasteiger partial charge in [0.2, 0.25) is 0 Å². The maximum atomic E-state index is 12.1. The van der Waals surface area contributed by atoms with E-state index in [2.05, 4.69) is 32.6 Å². The molecule has 22 heavy (non-hydrogen) atoms. The highest BCUT2D eigenvalue weighted by molar-refractivity contribution is 9.10. The summed E-state index contributed by atoms with van der Waals surface area (Å²) >= 11 is 8.50. The summed E-state index contributed by atoms with van der Waals surface area (Å²) in [6.45, 7) is 1.94. The van der Waals surface area contributed by atoms with Gasteiger partial charge in [-0.15, -0.1) is 0 Å². The lowest BCUT2D eigenvalue weighted by Crippen LogP contribution is -2.34. The lowest BCUT2D eigenvalue weighted by Gasteiger charge is -2.11. The molecule has 0 saturated heterocycles. The van der Waals surface area contributed by atoms with Crippen LogP contribution in [0.5, 0.6) is 0 Å². The second kappa shape index (κ2) is 7.16. The minimum Gasteiger partial charge on any atom is -0.331 e. The van der Waals surface area contributed by atoms with Crippen LogP contribution in [0, 0.1) is 18.3 Å². The molecule has 0 unspecified atom stereocenters. The van der Waals surface area contributed by atoms with Gasteiger partial charge in [0.15, 0.2) is 5.11 Å². The minimum atomic E-state index is -0.312. The number of aryl methyl sites for hydroxylation is 1. The van der Waals surface area contributed by atoms with Crippen LogP contribution in [0.3, 0.4) is 0 Å². The van der Waals surface area contributed by atoms with Crippen LogP contribution < -0.4 is 10.6 Å². The van der Waals surface area contributed by atoms with Crippen molar-refractivity contribution < 1.29 is 4.79 Å². The number of benzene rings is 2. The van der Waals surface area contributed by atoms with Crippen molar-refractivity contribution in [2.24, 2.45) is 0 Å². The Morgan fingerprint density at radius 2 is 2.00 bits per heavy atom. The molecule has 0 aliphatic heterocycles. The molecule has 0 fully saturated rings. The van der Waals surface area contributed by atoms with Crippen molar-refractivity contribution in [3.63, 3.8) is 0 Å². The van der Waals surface area contributed by atoms with Gasteiger partial charge in [-0.05, 0) is 49.0 Å². The molecule has 0 aromatic heterocycles. The van der Waals surface area contributed by atoms with Crippen LogP contribution in [0.1, 0.15) is 21.5 Å². The van der Waals surface area contributed by atoms with E-state index >= 15 is 0 Å². The summed E-state index contributed by atoms with van der Waals surface area (Å²) in [5, 5.41) is 14.6. The molecule has 0 spiro atoms. The number of thiocarbonyl (C=S) groups is 1. The van der Waals surface area contributed by atoms with Crippen LogP contribution in [-0.2, 0) is 0 Å². The van der Waals surface area contributed by atoms with Crippen LogP contribution in [0.2, 0.25) is 0 Å². The molecule has 110 valence electrons. The number of anilines is 1. The van der Waals surface area contributed by atoms with Crippen LogP contribution >= 0.6 is 28.1 Å². The summed E-state index contributed by atoms with van der Waals surface area (Å²) in [6, 6.07) is 14.3. The number of carbonyl (C=O) groups is 1. The van der Waals surface area contributed by atoms with E-state index in [-0.39, 0.29) is 11.0 Å². The third-order valence-corrected chi connectivity index (χ3v) is 4.02. The second-order valence-electron chi connectivity index (χ2n) is 4.53. The fourth-order valence-corrected chi connectivity index (χ4v) is 2.33. The molecule has 1 amide bonds. The van der Waals surface area contributed by atoms with E-state index in [1.54, 1.807) is 36.4 Å². The van der Waals surface area contributed by atoms with Gasteiger partial charge in [-0.2, -0.15) is 5.26 Å². The van der Waals surface area contributed by atoms with Crippen molar-refractivity contribution in [1.82, 2.24) is 5.32 Å². The van der Waals surface area contributed by atoms with Crippen molar-refractivity contribution in [2.45, 2.75) is 6.92 Å². The Balaban J connectivity index is 2.07. The average molecular weight is 374 g/mol. The number of amides is 1. The van der Waals surface area contributed by atoms with Gasteiger partial charge in [0, 0.05) is 10.0 Å². The van der Waals surface area contributed by atoms with Crippen LogP contribution in [-0.4, -0.2) is 11.0 Å². The topological polar surface area (TPSA) is 64.9 Å². The zero-order chi connectivity index (χ0) is 16.1. The molecule has 0 saturated carbocycles. The van der Waals surface area contributed by atoms with Crippen LogP contribution in [0.15, 0.2) is 46.9 Å². The highest BCUT2D eigenvalue weighted by Gasteiger charge is 2.10. The fraction of sp³-hybridized carbons (Fsp3) is 0.0625. The van der Waals surface area contributed by atoms with Gasteiger partial charge < -0.3 is 5.32 Å². The van der Waals surface area contributed by atoms with Crippen molar-refractivity contribution in [1.29, 1.82) is 5.26 Å². The first-order valence-electron chi connectivity index (χ1n) is 6.39. The molecule has 2 aromatic rings. The maximum Gasteiger partial charge on any atom is 0.257 e. The molecular weight excluding hydrogens is 362 g/mol. The van der Waals surface area contributed by atoms with Crippen molar-refractivity contribution in [3.05, 3.63) is 63.6 Å². The Hall–Kier alpha value is -2.23. The Morgan fingerprint density at radius 3 is 2.68 bits per heavy atom. The molecule has 0 radical (unpaired) electrons. The van der Waals surface area contributed by atoms with Crippen molar-refractivity contribution in [3.8, 4) is 6.07 Å². The molecule has 6 heteroatoms. The van der Waals surface area contributed by atoms with Gasteiger partial charge in [-0.1, -0.05) is 34.1 Å². The number of rotatable bonds is 2. The molecule has 4 nitrogen and oxygen atoms in total. The SMILES string of the molecule is Cc1ccc(C(=O)NC(=S)Nc2ccccc2C#N)cc1Br. The third-order valence-electron chi connectivity index (χ3n) is 2.96. The molecule has 0 aliphatic carbocycles. The zero-order valence-electron chi connectivity index (χ0n) is 11.7. The predicted molar refractivity (Wildman–Crippen MR) is 93.7 cm³/mol. The Labute approximate surface area is 142 Å². The van der Waals surface area contributed by atoms with Gasteiger partial charge in [0.25, 0.3) is 5.91 Å². The number of nitrogens with one attached hydrogen (secondary N) is 2. The molecule has 2 rings (SSSR count). The van der Waals surface area contributed by atoms with Gasteiger partial charge in [0.1, 0.15) is 6.07 Å². The largest absolute Gasteiger partial charge is 0.331 e. The van der Waals surface area contributed by atoms with E-state index in [0.29, 0.717) is 16.8 Å². The van der Waals surface area contributed by atoms with E-state index in [9.17, 15) is 4.79 Å².